The Hall–Kier alpha value is -1.69. The molecule has 1 aliphatic rings. The van der Waals surface area contributed by atoms with Crippen molar-refractivity contribution in [3.05, 3.63) is 34.1 Å². The van der Waals surface area contributed by atoms with Crippen molar-refractivity contribution in [2.45, 2.75) is 18.9 Å². The van der Waals surface area contributed by atoms with Crippen molar-refractivity contribution in [1.29, 1.82) is 0 Å². The molecule has 0 amide bonds. The average molecular weight is 267 g/mol. The van der Waals surface area contributed by atoms with Gasteiger partial charge < -0.3 is 9.80 Å². The van der Waals surface area contributed by atoms with Crippen molar-refractivity contribution >= 4 is 11.4 Å². The zero-order chi connectivity index (χ0) is 14.0. The smallest absolute Gasteiger partial charge is 0.274 e. The molecule has 5 nitrogen and oxygen atoms in total. The van der Waals surface area contributed by atoms with Gasteiger partial charge >= 0.3 is 0 Å². The molecule has 0 radical (unpaired) electrons. The molecule has 19 heavy (non-hydrogen) atoms. The van der Waals surface area contributed by atoms with Crippen molar-refractivity contribution < 1.29 is 9.31 Å². The van der Waals surface area contributed by atoms with Gasteiger partial charge in [-0.2, -0.15) is 0 Å². The van der Waals surface area contributed by atoms with Crippen LogP contribution in [0, 0.1) is 15.9 Å². The highest BCUT2D eigenvalue weighted by molar-refractivity contribution is 5.55. The van der Waals surface area contributed by atoms with Crippen LogP contribution in [-0.4, -0.2) is 43.0 Å². The molecule has 1 aliphatic heterocycles. The summed E-state index contributed by atoms with van der Waals surface area (Å²) in [5.41, 5.74) is 0.418. The van der Waals surface area contributed by atoms with Crippen LogP contribution in [0.5, 0.6) is 0 Å². The van der Waals surface area contributed by atoms with Crippen LogP contribution in [-0.2, 0) is 0 Å². The highest BCUT2D eigenvalue weighted by Crippen LogP contribution is 2.29. The van der Waals surface area contributed by atoms with Gasteiger partial charge in [-0.1, -0.05) is 0 Å². The molecule has 0 N–H and O–H groups in total. The van der Waals surface area contributed by atoms with E-state index in [1.165, 1.54) is 12.1 Å². The Bertz CT molecular complexity index is 479. The van der Waals surface area contributed by atoms with Crippen LogP contribution in [0.4, 0.5) is 15.8 Å². The first-order valence-corrected chi connectivity index (χ1v) is 6.33. The van der Waals surface area contributed by atoms with Gasteiger partial charge in [0.15, 0.2) is 0 Å². The quantitative estimate of drug-likeness (QED) is 0.620. The Morgan fingerprint density at radius 2 is 2.21 bits per heavy atom. The van der Waals surface area contributed by atoms with E-state index < -0.39 is 10.7 Å². The number of likely N-dealkylation sites (N-methyl/N-ethyl adjacent to an activating group) is 1. The van der Waals surface area contributed by atoms with E-state index in [0.29, 0.717) is 5.69 Å². The number of nitrogens with zero attached hydrogens (tertiary/aromatic N) is 3. The number of rotatable bonds is 4. The predicted molar refractivity (Wildman–Crippen MR) is 72.0 cm³/mol. The first-order chi connectivity index (χ1) is 8.97. The second-order valence-electron chi connectivity index (χ2n) is 5.18. The van der Waals surface area contributed by atoms with E-state index in [2.05, 4.69) is 9.80 Å². The molecule has 1 fully saturated rings. The van der Waals surface area contributed by atoms with Gasteiger partial charge in [-0.05, 0) is 33.0 Å². The SMILES string of the molecule is CN(C)CC1CCCN1c1cc(F)cc([N+](=O)[O-])c1. The maximum Gasteiger partial charge on any atom is 0.274 e. The maximum absolute atomic E-state index is 13.5. The van der Waals surface area contributed by atoms with Crippen molar-refractivity contribution in [3.63, 3.8) is 0 Å². The lowest BCUT2D eigenvalue weighted by Crippen LogP contribution is -2.37. The normalized spacial score (nSPS) is 19.2. The van der Waals surface area contributed by atoms with Crippen LogP contribution in [0.2, 0.25) is 0 Å². The summed E-state index contributed by atoms with van der Waals surface area (Å²) in [4.78, 5) is 14.4. The average Bonchev–Trinajstić information content (AvgIpc) is 2.75. The van der Waals surface area contributed by atoms with Crippen LogP contribution in [0.1, 0.15) is 12.8 Å². The van der Waals surface area contributed by atoms with Gasteiger partial charge in [0.2, 0.25) is 0 Å². The monoisotopic (exact) mass is 267 g/mol. The maximum atomic E-state index is 13.5. The molecule has 1 heterocycles. The fourth-order valence-corrected chi connectivity index (χ4v) is 2.62. The lowest BCUT2D eigenvalue weighted by molar-refractivity contribution is -0.385. The fraction of sp³-hybridized carbons (Fsp3) is 0.538. The second kappa shape index (κ2) is 5.52. The minimum atomic E-state index is -0.556. The van der Waals surface area contributed by atoms with Gasteiger partial charge in [0, 0.05) is 30.9 Å². The van der Waals surface area contributed by atoms with Gasteiger partial charge in [-0.3, -0.25) is 10.1 Å². The molecule has 1 atom stereocenters. The van der Waals surface area contributed by atoms with Crippen LogP contribution in [0.25, 0.3) is 0 Å². The molecular formula is C13H18FN3O2. The predicted octanol–water partition coefficient (Wildman–Crippen LogP) is 2.26. The summed E-state index contributed by atoms with van der Waals surface area (Å²) in [6.45, 7) is 1.68. The zero-order valence-electron chi connectivity index (χ0n) is 11.2. The molecule has 0 aromatic heterocycles. The van der Waals surface area contributed by atoms with Crippen molar-refractivity contribution in [2.75, 3.05) is 32.1 Å². The lowest BCUT2D eigenvalue weighted by atomic mass is 10.2. The first-order valence-electron chi connectivity index (χ1n) is 6.33. The topological polar surface area (TPSA) is 49.6 Å². The van der Waals surface area contributed by atoms with E-state index in [9.17, 15) is 14.5 Å². The number of non-ortho nitro benzene ring substituents is 1. The van der Waals surface area contributed by atoms with Gasteiger partial charge in [-0.25, -0.2) is 4.39 Å². The Balaban J connectivity index is 2.27. The highest BCUT2D eigenvalue weighted by atomic mass is 19.1. The summed E-state index contributed by atoms with van der Waals surface area (Å²) in [7, 11) is 3.98. The van der Waals surface area contributed by atoms with E-state index >= 15 is 0 Å². The van der Waals surface area contributed by atoms with Crippen LogP contribution < -0.4 is 4.90 Å². The van der Waals surface area contributed by atoms with E-state index in [1.54, 1.807) is 0 Å². The molecule has 1 saturated heterocycles. The van der Waals surface area contributed by atoms with Crippen LogP contribution >= 0.6 is 0 Å². The molecule has 1 aromatic rings. The molecule has 1 aromatic carbocycles. The summed E-state index contributed by atoms with van der Waals surface area (Å²) < 4.78 is 13.5. The minimum Gasteiger partial charge on any atom is -0.367 e. The number of anilines is 1. The molecule has 0 saturated carbocycles. The Morgan fingerprint density at radius 3 is 2.84 bits per heavy atom. The van der Waals surface area contributed by atoms with Crippen LogP contribution in [0.15, 0.2) is 18.2 Å². The number of halogens is 1. The van der Waals surface area contributed by atoms with E-state index in [4.69, 9.17) is 0 Å². The number of nitro groups is 1. The Labute approximate surface area is 111 Å². The second-order valence-corrected chi connectivity index (χ2v) is 5.18. The van der Waals surface area contributed by atoms with Gasteiger partial charge in [0.05, 0.1) is 11.0 Å². The molecular weight excluding hydrogens is 249 g/mol. The third-order valence-corrected chi connectivity index (χ3v) is 3.36. The molecule has 6 heteroatoms. The highest BCUT2D eigenvalue weighted by Gasteiger charge is 2.26. The number of hydrogen-bond acceptors (Lipinski definition) is 4. The number of hydrogen-bond donors (Lipinski definition) is 0. The fourth-order valence-electron chi connectivity index (χ4n) is 2.62. The van der Waals surface area contributed by atoms with E-state index in [-0.39, 0.29) is 11.7 Å². The summed E-state index contributed by atoms with van der Waals surface area (Å²) in [6, 6.07) is 4.08. The van der Waals surface area contributed by atoms with Crippen molar-refractivity contribution in [2.24, 2.45) is 0 Å². The third-order valence-electron chi connectivity index (χ3n) is 3.36. The molecule has 2 rings (SSSR count). The molecule has 104 valence electrons. The van der Waals surface area contributed by atoms with Gasteiger partial charge in [-0.15, -0.1) is 0 Å². The van der Waals surface area contributed by atoms with Crippen molar-refractivity contribution in [1.82, 2.24) is 4.90 Å². The Kier molecular flexibility index (Phi) is 3.99. The molecule has 0 aliphatic carbocycles. The van der Waals surface area contributed by atoms with Crippen LogP contribution in [0.3, 0.4) is 0 Å². The minimum absolute atomic E-state index is 0.189. The molecule has 0 bridgehead atoms. The lowest BCUT2D eigenvalue weighted by Gasteiger charge is -2.28. The van der Waals surface area contributed by atoms with E-state index in [1.807, 2.05) is 14.1 Å². The number of benzene rings is 1. The summed E-state index contributed by atoms with van der Waals surface area (Å²) in [5.74, 6) is -0.556. The van der Waals surface area contributed by atoms with Crippen molar-refractivity contribution in [3.8, 4) is 0 Å². The Morgan fingerprint density at radius 1 is 1.47 bits per heavy atom. The standard InChI is InChI=1S/C13H18FN3O2/c1-15(2)9-11-4-3-5-16(11)12-6-10(14)7-13(8-12)17(18)19/h6-8,11H,3-5,9H2,1-2H3. The first kappa shape index (κ1) is 13.7. The molecule has 0 spiro atoms. The largest absolute Gasteiger partial charge is 0.367 e. The number of nitro benzene ring substituents is 1. The zero-order valence-corrected chi connectivity index (χ0v) is 11.2. The summed E-state index contributed by atoms with van der Waals surface area (Å²) >= 11 is 0. The summed E-state index contributed by atoms with van der Waals surface area (Å²) in [6.07, 6.45) is 2.06. The molecule has 1 unspecified atom stereocenters. The van der Waals surface area contributed by atoms with Gasteiger partial charge in [0.25, 0.3) is 5.69 Å². The summed E-state index contributed by atoms with van der Waals surface area (Å²) in [5, 5.41) is 10.8. The third kappa shape index (κ3) is 3.20. The van der Waals surface area contributed by atoms with Gasteiger partial charge in [0.1, 0.15) is 5.82 Å². The van der Waals surface area contributed by atoms with E-state index in [0.717, 1.165) is 32.0 Å².